The van der Waals surface area contributed by atoms with E-state index in [1.807, 2.05) is 6.07 Å². The van der Waals surface area contributed by atoms with E-state index >= 15 is 0 Å². The highest BCUT2D eigenvalue weighted by atomic mass is 16.3. The van der Waals surface area contributed by atoms with Crippen LogP contribution < -0.4 is 5.43 Å². The van der Waals surface area contributed by atoms with Crippen LogP contribution in [0.3, 0.4) is 0 Å². The van der Waals surface area contributed by atoms with Gasteiger partial charge in [0.25, 0.3) is 5.91 Å². The molecule has 1 atom stereocenters. The fourth-order valence-electron chi connectivity index (χ4n) is 3.58. The summed E-state index contributed by atoms with van der Waals surface area (Å²) in [7, 11) is 0. The Morgan fingerprint density at radius 2 is 1.93 bits per heavy atom. The Morgan fingerprint density at radius 1 is 1.04 bits per heavy atom. The van der Waals surface area contributed by atoms with Crippen molar-refractivity contribution in [3.8, 4) is 0 Å². The molecule has 0 N–H and O–H groups in total. The molecule has 3 aromatic heterocycles. The van der Waals surface area contributed by atoms with E-state index in [1.54, 1.807) is 66.0 Å². The van der Waals surface area contributed by atoms with Gasteiger partial charge in [-0.05, 0) is 35.9 Å². The highest BCUT2D eigenvalue weighted by Crippen LogP contribution is 2.38. The molecule has 0 unspecified atom stereocenters. The summed E-state index contributed by atoms with van der Waals surface area (Å²) >= 11 is 0. The molecule has 0 radical (unpaired) electrons. The van der Waals surface area contributed by atoms with Crippen molar-refractivity contribution in [2.45, 2.75) is 12.6 Å². The van der Waals surface area contributed by atoms with Crippen molar-refractivity contribution < 1.29 is 13.6 Å². The molecule has 0 spiro atoms. The van der Waals surface area contributed by atoms with Crippen LogP contribution in [0.25, 0.3) is 11.0 Å². The summed E-state index contributed by atoms with van der Waals surface area (Å²) < 4.78 is 11.3. The summed E-state index contributed by atoms with van der Waals surface area (Å²) in [4.78, 5) is 32.1. The van der Waals surface area contributed by atoms with Crippen LogP contribution in [0.4, 0.5) is 0 Å². The second kappa shape index (κ2) is 5.95. The van der Waals surface area contributed by atoms with Crippen LogP contribution in [0.5, 0.6) is 0 Å². The lowest BCUT2D eigenvalue weighted by atomic mass is 10.00. The number of aromatic nitrogens is 1. The molecule has 0 saturated carbocycles. The van der Waals surface area contributed by atoms with Gasteiger partial charge < -0.3 is 13.7 Å². The second-order valence-electron chi connectivity index (χ2n) is 6.37. The molecule has 4 aromatic rings. The second-order valence-corrected chi connectivity index (χ2v) is 6.37. The highest BCUT2D eigenvalue weighted by molar-refractivity contribution is 5.99. The smallest absolute Gasteiger partial charge is 0.291 e. The number of carbonyl (C=O) groups excluding carboxylic acids is 1. The van der Waals surface area contributed by atoms with Crippen LogP contribution in [0.1, 0.15) is 33.5 Å². The predicted molar refractivity (Wildman–Crippen MR) is 97.1 cm³/mol. The van der Waals surface area contributed by atoms with Crippen molar-refractivity contribution in [3.63, 3.8) is 0 Å². The SMILES string of the molecule is O=C1c2oc3ccccc3c(=O)c2[C@@H](c2cccnc2)N1Cc1ccco1. The number of carbonyl (C=O) groups is 1. The van der Waals surface area contributed by atoms with Crippen LogP contribution in [-0.2, 0) is 6.54 Å². The lowest BCUT2D eigenvalue weighted by Gasteiger charge is -2.23. The minimum Gasteiger partial charge on any atom is -0.467 e. The maximum absolute atomic E-state index is 13.2. The van der Waals surface area contributed by atoms with E-state index in [0.29, 0.717) is 22.3 Å². The minimum absolute atomic E-state index is 0.0825. The number of hydrogen-bond donors (Lipinski definition) is 0. The summed E-state index contributed by atoms with van der Waals surface area (Å²) in [5, 5.41) is 0.456. The monoisotopic (exact) mass is 358 g/mol. The minimum atomic E-state index is -0.577. The average molecular weight is 358 g/mol. The van der Waals surface area contributed by atoms with E-state index in [1.165, 1.54) is 0 Å². The number of rotatable bonds is 3. The van der Waals surface area contributed by atoms with Crippen LogP contribution in [-0.4, -0.2) is 15.8 Å². The first-order valence-electron chi connectivity index (χ1n) is 8.53. The van der Waals surface area contributed by atoms with E-state index in [2.05, 4.69) is 4.98 Å². The van der Waals surface area contributed by atoms with Crippen molar-refractivity contribution in [2.24, 2.45) is 0 Å². The van der Waals surface area contributed by atoms with Crippen LogP contribution in [0, 0.1) is 0 Å². The molecule has 0 fully saturated rings. The first-order valence-corrected chi connectivity index (χ1v) is 8.53. The van der Waals surface area contributed by atoms with Gasteiger partial charge in [-0.1, -0.05) is 18.2 Å². The third-order valence-corrected chi connectivity index (χ3v) is 4.78. The van der Waals surface area contributed by atoms with Gasteiger partial charge in [0.05, 0.1) is 29.8 Å². The van der Waals surface area contributed by atoms with Crippen LogP contribution in [0.2, 0.25) is 0 Å². The quantitative estimate of drug-likeness (QED) is 0.560. The number of para-hydroxylation sites is 1. The van der Waals surface area contributed by atoms with E-state index in [0.717, 1.165) is 5.56 Å². The highest BCUT2D eigenvalue weighted by Gasteiger charge is 2.43. The molecule has 1 amide bonds. The van der Waals surface area contributed by atoms with Gasteiger partial charge in [-0.3, -0.25) is 14.6 Å². The Bertz CT molecular complexity index is 1200. The molecule has 0 saturated heterocycles. The van der Waals surface area contributed by atoms with Gasteiger partial charge in [0.15, 0.2) is 5.43 Å². The average Bonchev–Trinajstić information content (AvgIpc) is 3.31. The van der Waals surface area contributed by atoms with Gasteiger partial charge >= 0.3 is 0 Å². The van der Waals surface area contributed by atoms with Gasteiger partial charge in [-0.2, -0.15) is 0 Å². The summed E-state index contributed by atoms with van der Waals surface area (Å²) in [5.74, 6) is 0.374. The fraction of sp³-hybridized carbons (Fsp3) is 0.0952. The number of pyridine rings is 1. The van der Waals surface area contributed by atoms with Crippen molar-refractivity contribution in [2.75, 3.05) is 0 Å². The van der Waals surface area contributed by atoms with Crippen molar-refractivity contribution >= 4 is 16.9 Å². The summed E-state index contributed by atoms with van der Waals surface area (Å²) in [6, 6.07) is 13.6. The Labute approximate surface area is 153 Å². The predicted octanol–water partition coefficient (Wildman–Crippen LogP) is 3.53. The molecule has 5 rings (SSSR count). The molecule has 1 aromatic carbocycles. The summed E-state index contributed by atoms with van der Waals surface area (Å²) in [5.41, 5.74) is 1.30. The molecule has 4 heterocycles. The Balaban J connectivity index is 1.75. The Kier molecular flexibility index (Phi) is 3.43. The Morgan fingerprint density at radius 3 is 2.70 bits per heavy atom. The lowest BCUT2D eigenvalue weighted by molar-refractivity contribution is 0.0701. The van der Waals surface area contributed by atoms with Crippen molar-refractivity contribution in [1.29, 1.82) is 0 Å². The van der Waals surface area contributed by atoms with Gasteiger partial charge in [0.1, 0.15) is 11.3 Å². The van der Waals surface area contributed by atoms with E-state index in [9.17, 15) is 9.59 Å². The van der Waals surface area contributed by atoms with Crippen LogP contribution >= 0.6 is 0 Å². The molecule has 1 aliphatic heterocycles. The van der Waals surface area contributed by atoms with E-state index in [4.69, 9.17) is 8.83 Å². The van der Waals surface area contributed by atoms with Gasteiger partial charge in [0, 0.05) is 12.4 Å². The summed E-state index contributed by atoms with van der Waals surface area (Å²) in [6.45, 7) is 0.228. The number of furan rings is 1. The van der Waals surface area contributed by atoms with Crippen LogP contribution in [0.15, 0.2) is 80.8 Å². The zero-order valence-electron chi connectivity index (χ0n) is 14.2. The lowest BCUT2D eigenvalue weighted by Crippen LogP contribution is -2.29. The molecule has 1 aliphatic rings. The summed E-state index contributed by atoms with van der Waals surface area (Å²) in [6.07, 6.45) is 4.87. The molecule has 27 heavy (non-hydrogen) atoms. The van der Waals surface area contributed by atoms with E-state index < -0.39 is 6.04 Å². The number of nitrogens with zero attached hydrogens (tertiary/aromatic N) is 2. The zero-order chi connectivity index (χ0) is 18.4. The maximum atomic E-state index is 13.2. The molecule has 0 aliphatic carbocycles. The number of hydrogen-bond acceptors (Lipinski definition) is 5. The first kappa shape index (κ1) is 15.6. The van der Waals surface area contributed by atoms with Crippen molar-refractivity contribution in [1.82, 2.24) is 9.88 Å². The molecule has 0 bridgehead atoms. The number of amides is 1. The number of fused-ring (bicyclic) bond motifs is 2. The largest absolute Gasteiger partial charge is 0.467 e. The third-order valence-electron chi connectivity index (χ3n) is 4.78. The topological polar surface area (TPSA) is 76.6 Å². The fourth-order valence-corrected chi connectivity index (χ4v) is 3.58. The molecular weight excluding hydrogens is 344 g/mol. The molecule has 6 heteroatoms. The zero-order valence-corrected chi connectivity index (χ0v) is 14.2. The maximum Gasteiger partial charge on any atom is 0.291 e. The normalized spacial score (nSPS) is 16.1. The molecule has 132 valence electrons. The third kappa shape index (κ3) is 2.38. The van der Waals surface area contributed by atoms with Gasteiger partial charge in [-0.15, -0.1) is 0 Å². The molecule has 6 nitrogen and oxygen atoms in total. The first-order chi connectivity index (χ1) is 13.2. The van der Waals surface area contributed by atoms with Gasteiger partial charge in [-0.25, -0.2) is 0 Å². The van der Waals surface area contributed by atoms with Crippen molar-refractivity contribution in [3.05, 3.63) is 100 Å². The number of benzene rings is 1. The standard InChI is InChI=1S/C21H14N2O4/c24-19-15-7-1-2-8-16(15)27-20-17(19)18(13-5-3-9-22-11-13)23(21(20)25)12-14-6-4-10-26-14/h1-11,18H,12H2/t18-/m1/s1. The Hall–Kier alpha value is -3.67. The van der Waals surface area contributed by atoms with E-state index in [-0.39, 0.29) is 23.6 Å². The van der Waals surface area contributed by atoms with Gasteiger partial charge in [0.2, 0.25) is 5.76 Å². The molecular formula is C21H14N2O4.